The Kier molecular flexibility index (Phi) is 5.05. The van der Waals surface area contributed by atoms with Gasteiger partial charge in [0.1, 0.15) is 5.60 Å². The van der Waals surface area contributed by atoms with E-state index in [0.717, 1.165) is 29.3 Å². The van der Waals surface area contributed by atoms with Crippen LogP contribution in [0.15, 0.2) is 28.7 Å². The molecule has 86 valence electrons. The summed E-state index contributed by atoms with van der Waals surface area (Å²) in [6.07, 6.45) is 3.07. The summed E-state index contributed by atoms with van der Waals surface area (Å²) in [5.41, 5.74) is -0.214. The molecule has 0 radical (unpaired) electrons. The number of halogens is 1. The van der Waals surface area contributed by atoms with Crippen molar-refractivity contribution >= 4 is 15.9 Å². The monoisotopic (exact) mass is 280 g/mol. The average Bonchev–Trinajstić information content (AvgIpc) is 2.25. The maximum absolute atomic E-state index is 10.2. The number of aliphatic hydroxyl groups is 1. The van der Waals surface area contributed by atoms with Crippen LogP contribution in [0.25, 0.3) is 0 Å². The molecule has 0 amide bonds. The van der Waals surface area contributed by atoms with E-state index in [1.165, 1.54) is 0 Å². The fourth-order valence-electron chi connectivity index (χ4n) is 1.35. The molecule has 2 heteroatoms. The van der Waals surface area contributed by atoms with Crippen molar-refractivity contribution in [3.05, 3.63) is 34.3 Å². The Hall–Kier alpha value is -0.780. The third kappa shape index (κ3) is 4.00. The van der Waals surface area contributed by atoms with Crippen LogP contribution in [0, 0.1) is 11.8 Å². The molecule has 0 aliphatic carbocycles. The Morgan fingerprint density at radius 1 is 1.31 bits per heavy atom. The third-order valence-electron chi connectivity index (χ3n) is 2.39. The van der Waals surface area contributed by atoms with E-state index in [1.807, 2.05) is 24.3 Å². The molecule has 0 bridgehead atoms. The Labute approximate surface area is 106 Å². The van der Waals surface area contributed by atoms with Gasteiger partial charge in [-0.1, -0.05) is 53.2 Å². The van der Waals surface area contributed by atoms with E-state index in [2.05, 4.69) is 34.7 Å². The average molecular weight is 281 g/mol. The van der Waals surface area contributed by atoms with E-state index < -0.39 is 5.60 Å². The second-order valence-corrected chi connectivity index (χ2v) is 4.90. The van der Waals surface area contributed by atoms with Gasteiger partial charge >= 0.3 is 0 Å². The van der Waals surface area contributed by atoms with E-state index in [4.69, 9.17) is 0 Å². The minimum atomic E-state index is -1.05. The van der Waals surface area contributed by atoms with Crippen LogP contribution in [0.2, 0.25) is 0 Å². The first-order valence-electron chi connectivity index (χ1n) is 5.54. The zero-order valence-corrected chi connectivity index (χ0v) is 11.3. The topological polar surface area (TPSA) is 20.2 Å². The molecular formula is C14H17BrO. The summed E-state index contributed by atoms with van der Waals surface area (Å²) in [5, 5.41) is 10.2. The first-order valence-corrected chi connectivity index (χ1v) is 6.34. The molecular weight excluding hydrogens is 264 g/mol. The van der Waals surface area contributed by atoms with Crippen molar-refractivity contribution in [2.24, 2.45) is 0 Å². The standard InChI is InChI=1S/C14H17BrO/c1-3-4-5-6-11-14(2,16)12-7-9-13(15)10-8-12/h7-10,16H,3-5H2,1-2H3/t14-/m1/s1. The normalized spacial score (nSPS) is 13.8. The number of unbranched alkanes of at least 4 members (excludes halogenated alkanes) is 2. The highest BCUT2D eigenvalue weighted by Crippen LogP contribution is 2.21. The molecule has 0 spiro atoms. The molecule has 1 nitrogen and oxygen atoms in total. The SMILES string of the molecule is CCCCC#C[C@@](C)(O)c1ccc(Br)cc1. The van der Waals surface area contributed by atoms with Gasteiger partial charge in [0.2, 0.25) is 0 Å². The van der Waals surface area contributed by atoms with Crippen LogP contribution < -0.4 is 0 Å². The summed E-state index contributed by atoms with van der Waals surface area (Å²) in [7, 11) is 0. The van der Waals surface area contributed by atoms with Gasteiger partial charge < -0.3 is 5.11 Å². The Morgan fingerprint density at radius 2 is 1.94 bits per heavy atom. The molecule has 0 aliphatic heterocycles. The summed E-state index contributed by atoms with van der Waals surface area (Å²) in [5.74, 6) is 5.95. The highest BCUT2D eigenvalue weighted by atomic mass is 79.9. The van der Waals surface area contributed by atoms with Gasteiger partial charge in [0, 0.05) is 10.9 Å². The number of rotatable bonds is 3. The Morgan fingerprint density at radius 3 is 2.50 bits per heavy atom. The van der Waals surface area contributed by atoms with E-state index >= 15 is 0 Å². The number of hydrogen-bond donors (Lipinski definition) is 1. The zero-order chi connectivity index (χ0) is 12.0. The molecule has 0 fully saturated rings. The quantitative estimate of drug-likeness (QED) is 0.659. The lowest BCUT2D eigenvalue weighted by molar-refractivity contribution is 0.122. The largest absolute Gasteiger partial charge is 0.374 e. The molecule has 0 saturated carbocycles. The fourth-order valence-corrected chi connectivity index (χ4v) is 1.61. The Bertz CT molecular complexity index is 381. The molecule has 1 N–H and O–H groups in total. The van der Waals surface area contributed by atoms with Crippen molar-refractivity contribution in [1.82, 2.24) is 0 Å². The Balaban J connectivity index is 2.75. The molecule has 0 heterocycles. The smallest absolute Gasteiger partial charge is 0.148 e. The second-order valence-electron chi connectivity index (χ2n) is 3.98. The third-order valence-corrected chi connectivity index (χ3v) is 2.92. The van der Waals surface area contributed by atoms with Crippen LogP contribution in [0.1, 0.15) is 38.7 Å². The van der Waals surface area contributed by atoms with Gasteiger partial charge in [-0.2, -0.15) is 0 Å². The van der Waals surface area contributed by atoms with Crippen molar-refractivity contribution in [2.45, 2.75) is 38.7 Å². The van der Waals surface area contributed by atoms with Crippen LogP contribution in [0.5, 0.6) is 0 Å². The summed E-state index contributed by atoms with van der Waals surface area (Å²) in [6.45, 7) is 3.86. The highest BCUT2D eigenvalue weighted by molar-refractivity contribution is 9.10. The predicted molar refractivity (Wildman–Crippen MR) is 71.0 cm³/mol. The second kappa shape index (κ2) is 6.08. The van der Waals surface area contributed by atoms with Crippen LogP contribution in [0.4, 0.5) is 0 Å². The van der Waals surface area contributed by atoms with E-state index in [9.17, 15) is 5.11 Å². The summed E-state index contributed by atoms with van der Waals surface area (Å²) in [4.78, 5) is 0. The molecule has 0 aromatic heterocycles. The van der Waals surface area contributed by atoms with E-state index in [1.54, 1.807) is 6.92 Å². The fraction of sp³-hybridized carbons (Fsp3) is 0.429. The van der Waals surface area contributed by atoms with Crippen molar-refractivity contribution in [3.63, 3.8) is 0 Å². The van der Waals surface area contributed by atoms with Crippen LogP contribution in [-0.2, 0) is 5.60 Å². The van der Waals surface area contributed by atoms with Crippen LogP contribution in [0.3, 0.4) is 0 Å². The molecule has 0 unspecified atom stereocenters. The molecule has 1 aromatic rings. The molecule has 1 atom stereocenters. The number of benzene rings is 1. The zero-order valence-electron chi connectivity index (χ0n) is 9.76. The van der Waals surface area contributed by atoms with Gasteiger partial charge in [-0.25, -0.2) is 0 Å². The van der Waals surface area contributed by atoms with Crippen molar-refractivity contribution < 1.29 is 5.11 Å². The lowest BCUT2D eigenvalue weighted by Gasteiger charge is -2.16. The first-order chi connectivity index (χ1) is 7.56. The van der Waals surface area contributed by atoms with Gasteiger partial charge in [-0.3, -0.25) is 0 Å². The van der Waals surface area contributed by atoms with Gasteiger partial charge in [0.05, 0.1) is 0 Å². The summed E-state index contributed by atoms with van der Waals surface area (Å²) < 4.78 is 1.01. The highest BCUT2D eigenvalue weighted by Gasteiger charge is 2.19. The molecule has 1 rings (SSSR count). The lowest BCUT2D eigenvalue weighted by Crippen LogP contribution is -2.18. The van der Waals surface area contributed by atoms with Gasteiger partial charge in [-0.15, -0.1) is 0 Å². The van der Waals surface area contributed by atoms with Gasteiger partial charge in [0.25, 0.3) is 0 Å². The molecule has 1 aromatic carbocycles. The minimum absolute atomic E-state index is 0.833. The van der Waals surface area contributed by atoms with Crippen molar-refractivity contribution in [2.75, 3.05) is 0 Å². The van der Waals surface area contributed by atoms with Crippen molar-refractivity contribution in [1.29, 1.82) is 0 Å². The van der Waals surface area contributed by atoms with E-state index in [0.29, 0.717) is 0 Å². The van der Waals surface area contributed by atoms with Crippen LogP contribution >= 0.6 is 15.9 Å². The number of hydrogen-bond acceptors (Lipinski definition) is 1. The van der Waals surface area contributed by atoms with Crippen molar-refractivity contribution in [3.8, 4) is 11.8 Å². The molecule has 0 aliphatic rings. The maximum Gasteiger partial charge on any atom is 0.148 e. The lowest BCUT2D eigenvalue weighted by atomic mass is 9.96. The predicted octanol–water partition coefficient (Wildman–Crippen LogP) is 3.85. The van der Waals surface area contributed by atoms with Crippen LogP contribution in [-0.4, -0.2) is 5.11 Å². The molecule has 16 heavy (non-hydrogen) atoms. The maximum atomic E-state index is 10.2. The molecule has 0 saturated heterocycles. The van der Waals surface area contributed by atoms with Gasteiger partial charge in [0.15, 0.2) is 0 Å². The minimum Gasteiger partial charge on any atom is -0.374 e. The first kappa shape index (κ1) is 13.3. The summed E-state index contributed by atoms with van der Waals surface area (Å²) in [6, 6.07) is 7.60. The van der Waals surface area contributed by atoms with E-state index in [-0.39, 0.29) is 0 Å². The van der Waals surface area contributed by atoms with Gasteiger partial charge in [-0.05, 0) is 31.0 Å². The summed E-state index contributed by atoms with van der Waals surface area (Å²) >= 11 is 3.37.